The number of hydrogen-bond donors (Lipinski definition) is 0. The van der Waals surface area contributed by atoms with Gasteiger partial charge in [0, 0.05) is 44.8 Å². The van der Waals surface area contributed by atoms with E-state index in [2.05, 4.69) is 30.8 Å². The summed E-state index contributed by atoms with van der Waals surface area (Å²) in [6.45, 7) is 5.91. The summed E-state index contributed by atoms with van der Waals surface area (Å²) < 4.78 is 0. The molecule has 0 N–H and O–H groups in total. The van der Waals surface area contributed by atoms with Crippen LogP contribution in [-0.4, -0.2) is 41.1 Å². The molecule has 0 aliphatic carbocycles. The van der Waals surface area contributed by atoms with Crippen LogP contribution in [0, 0.1) is 6.92 Å². The van der Waals surface area contributed by atoms with Gasteiger partial charge >= 0.3 is 0 Å². The molecular formula is C15H19N5. The average Bonchev–Trinajstić information content (AvgIpc) is 2.75. The van der Waals surface area contributed by atoms with E-state index in [0.29, 0.717) is 0 Å². The van der Waals surface area contributed by atoms with Crippen molar-refractivity contribution in [3.8, 4) is 0 Å². The quantitative estimate of drug-likeness (QED) is 0.833. The minimum absolute atomic E-state index is 0.832. The van der Waals surface area contributed by atoms with E-state index in [-0.39, 0.29) is 0 Å². The number of pyridine rings is 1. The van der Waals surface area contributed by atoms with Crippen LogP contribution < -0.4 is 9.80 Å². The molecule has 0 bridgehead atoms. The summed E-state index contributed by atoms with van der Waals surface area (Å²) in [5, 5.41) is 0. The van der Waals surface area contributed by atoms with Crippen LogP contribution in [0.25, 0.3) is 0 Å². The Morgan fingerprint density at radius 2 is 1.65 bits per heavy atom. The lowest BCUT2D eigenvalue weighted by molar-refractivity contribution is 0.780. The van der Waals surface area contributed by atoms with Gasteiger partial charge in [-0.05, 0) is 31.0 Å². The Morgan fingerprint density at radius 3 is 2.40 bits per heavy atom. The molecule has 2 aromatic heterocycles. The Morgan fingerprint density at radius 1 is 0.900 bits per heavy atom. The maximum atomic E-state index is 4.43. The number of aromatic nitrogens is 3. The van der Waals surface area contributed by atoms with Gasteiger partial charge in [-0.3, -0.25) is 0 Å². The molecule has 3 heterocycles. The summed E-state index contributed by atoms with van der Waals surface area (Å²) >= 11 is 0. The summed E-state index contributed by atoms with van der Waals surface area (Å²) in [6.07, 6.45) is 6.70. The Balaban J connectivity index is 1.69. The second-order valence-corrected chi connectivity index (χ2v) is 5.08. The van der Waals surface area contributed by atoms with Gasteiger partial charge < -0.3 is 9.80 Å². The zero-order valence-electron chi connectivity index (χ0n) is 11.7. The molecule has 5 nitrogen and oxygen atoms in total. The molecule has 0 aromatic carbocycles. The molecule has 0 saturated carbocycles. The van der Waals surface area contributed by atoms with Gasteiger partial charge in [-0.2, -0.15) is 0 Å². The van der Waals surface area contributed by atoms with Gasteiger partial charge in [0.25, 0.3) is 0 Å². The molecule has 0 spiro atoms. The van der Waals surface area contributed by atoms with Crippen LogP contribution >= 0.6 is 0 Å². The van der Waals surface area contributed by atoms with Crippen molar-refractivity contribution in [2.45, 2.75) is 13.3 Å². The molecule has 0 atom stereocenters. The van der Waals surface area contributed by atoms with Gasteiger partial charge in [0.1, 0.15) is 5.82 Å². The van der Waals surface area contributed by atoms with E-state index in [0.717, 1.165) is 49.9 Å². The molecule has 5 heteroatoms. The maximum Gasteiger partial charge on any atom is 0.225 e. The van der Waals surface area contributed by atoms with Gasteiger partial charge in [-0.1, -0.05) is 6.07 Å². The largest absolute Gasteiger partial charge is 0.355 e. The molecule has 2 aromatic rings. The van der Waals surface area contributed by atoms with Crippen LogP contribution in [0.3, 0.4) is 0 Å². The molecule has 0 amide bonds. The second-order valence-electron chi connectivity index (χ2n) is 5.08. The molecule has 1 aliphatic rings. The van der Waals surface area contributed by atoms with Crippen molar-refractivity contribution in [3.05, 3.63) is 42.4 Å². The zero-order valence-corrected chi connectivity index (χ0v) is 11.7. The fourth-order valence-corrected chi connectivity index (χ4v) is 2.44. The lowest BCUT2D eigenvalue weighted by atomic mass is 10.3. The molecule has 3 rings (SSSR count). The van der Waals surface area contributed by atoms with Crippen molar-refractivity contribution in [2.75, 3.05) is 36.0 Å². The predicted molar refractivity (Wildman–Crippen MR) is 80.0 cm³/mol. The van der Waals surface area contributed by atoms with Crippen molar-refractivity contribution in [1.29, 1.82) is 0 Å². The Kier molecular flexibility index (Phi) is 3.76. The Labute approximate surface area is 119 Å². The number of aryl methyl sites for hydroxylation is 1. The third kappa shape index (κ3) is 2.87. The summed E-state index contributed by atoms with van der Waals surface area (Å²) in [5.41, 5.74) is 1.10. The van der Waals surface area contributed by atoms with Crippen molar-refractivity contribution in [2.24, 2.45) is 0 Å². The Bertz CT molecular complexity index is 540. The highest BCUT2D eigenvalue weighted by Crippen LogP contribution is 2.15. The first-order valence-electron chi connectivity index (χ1n) is 7.02. The average molecular weight is 269 g/mol. The van der Waals surface area contributed by atoms with E-state index in [1.165, 1.54) is 0 Å². The number of nitrogens with zero attached hydrogens (tertiary/aromatic N) is 5. The molecule has 0 unspecified atom stereocenters. The molecule has 0 radical (unpaired) electrons. The van der Waals surface area contributed by atoms with Crippen LogP contribution in [0.5, 0.6) is 0 Å². The fourth-order valence-electron chi connectivity index (χ4n) is 2.44. The molecule has 20 heavy (non-hydrogen) atoms. The standard InChI is InChI=1S/C15H19N5/c1-13-11-17-15(18-12-13)20-8-4-7-19(9-10-20)14-5-2-3-6-16-14/h2-3,5-6,11-12H,4,7-10H2,1H3. The van der Waals surface area contributed by atoms with Crippen LogP contribution in [0.1, 0.15) is 12.0 Å². The first kappa shape index (κ1) is 12.8. The van der Waals surface area contributed by atoms with Crippen molar-refractivity contribution in [1.82, 2.24) is 15.0 Å². The lowest BCUT2D eigenvalue weighted by Crippen LogP contribution is -2.32. The van der Waals surface area contributed by atoms with Crippen molar-refractivity contribution < 1.29 is 0 Å². The monoisotopic (exact) mass is 269 g/mol. The second kappa shape index (κ2) is 5.86. The summed E-state index contributed by atoms with van der Waals surface area (Å²) in [4.78, 5) is 17.9. The summed E-state index contributed by atoms with van der Waals surface area (Å²) in [7, 11) is 0. The van der Waals surface area contributed by atoms with E-state index >= 15 is 0 Å². The van der Waals surface area contributed by atoms with Crippen molar-refractivity contribution >= 4 is 11.8 Å². The fraction of sp³-hybridized carbons (Fsp3) is 0.400. The highest BCUT2D eigenvalue weighted by Gasteiger charge is 2.17. The summed E-state index contributed by atoms with van der Waals surface area (Å²) in [5.74, 6) is 1.89. The first-order chi connectivity index (χ1) is 9.83. The van der Waals surface area contributed by atoms with E-state index < -0.39 is 0 Å². The predicted octanol–water partition coefficient (Wildman–Crippen LogP) is 1.90. The van der Waals surface area contributed by atoms with E-state index in [4.69, 9.17) is 0 Å². The molecule has 104 valence electrons. The van der Waals surface area contributed by atoms with Crippen LogP contribution in [0.4, 0.5) is 11.8 Å². The number of hydrogen-bond acceptors (Lipinski definition) is 5. The van der Waals surface area contributed by atoms with Gasteiger partial charge in [0.05, 0.1) is 0 Å². The maximum absolute atomic E-state index is 4.43. The van der Waals surface area contributed by atoms with Gasteiger partial charge in [0.15, 0.2) is 0 Å². The van der Waals surface area contributed by atoms with E-state index in [1.807, 2.05) is 37.6 Å². The summed E-state index contributed by atoms with van der Waals surface area (Å²) in [6, 6.07) is 6.06. The van der Waals surface area contributed by atoms with Gasteiger partial charge in [0.2, 0.25) is 5.95 Å². The smallest absolute Gasteiger partial charge is 0.225 e. The Hall–Kier alpha value is -2.17. The highest BCUT2D eigenvalue weighted by molar-refractivity contribution is 5.40. The zero-order chi connectivity index (χ0) is 13.8. The molecule has 1 aliphatic heterocycles. The van der Waals surface area contributed by atoms with Crippen molar-refractivity contribution in [3.63, 3.8) is 0 Å². The van der Waals surface area contributed by atoms with Crippen LogP contribution in [0.15, 0.2) is 36.8 Å². The van der Waals surface area contributed by atoms with Crippen LogP contribution in [0.2, 0.25) is 0 Å². The normalized spacial score (nSPS) is 16.1. The molecular weight excluding hydrogens is 250 g/mol. The topological polar surface area (TPSA) is 45.2 Å². The SMILES string of the molecule is Cc1cnc(N2CCCN(c3ccccn3)CC2)nc1. The van der Waals surface area contributed by atoms with Crippen LogP contribution in [-0.2, 0) is 0 Å². The van der Waals surface area contributed by atoms with Gasteiger partial charge in [-0.15, -0.1) is 0 Å². The molecule has 1 saturated heterocycles. The first-order valence-corrected chi connectivity index (χ1v) is 7.02. The minimum atomic E-state index is 0.832. The number of rotatable bonds is 2. The van der Waals surface area contributed by atoms with Gasteiger partial charge in [-0.25, -0.2) is 15.0 Å². The lowest BCUT2D eigenvalue weighted by Gasteiger charge is -2.22. The number of anilines is 2. The third-order valence-corrected chi connectivity index (χ3v) is 3.52. The minimum Gasteiger partial charge on any atom is -0.355 e. The molecule has 1 fully saturated rings. The van der Waals surface area contributed by atoms with E-state index in [1.54, 1.807) is 0 Å². The highest BCUT2D eigenvalue weighted by atomic mass is 15.3. The van der Waals surface area contributed by atoms with E-state index in [9.17, 15) is 0 Å². The third-order valence-electron chi connectivity index (χ3n) is 3.52.